The fourth-order valence-corrected chi connectivity index (χ4v) is 3.58. The molecule has 0 saturated heterocycles. The molecule has 1 aromatic heterocycles. The van der Waals surface area contributed by atoms with Crippen LogP contribution >= 0.6 is 11.8 Å². The number of aromatic carboxylic acids is 1. The number of aromatic nitrogens is 1. The highest BCUT2D eigenvalue weighted by molar-refractivity contribution is 7.99. The highest BCUT2D eigenvalue weighted by Crippen LogP contribution is 2.32. The first-order valence-corrected chi connectivity index (χ1v) is 8.23. The molecule has 3 nitrogen and oxygen atoms in total. The lowest BCUT2D eigenvalue weighted by atomic mass is 9.91. The molecule has 0 bridgehead atoms. The molecule has 0 unspecified atom stereocenters. The Kier molecular flexibility index (Phi) is 4.74. The number of rotatable bonds is 4. The second-order valence-corrected chi connectivity index (χ2v) is 7.64. The zero-order valence-corrected chi connectivity index (χ0v) is 13.3. The van der Waals surface area contributed by atoms with Crippen molar-refractivity contribution in [2.75, 3.05) is 5.75 Å². The number of thioether (sulfide) groups is 1. The van der Waals surface area contributed by atoms with Crippen LogP contribution in [-0.4, -0.2) is 21.8 Å². The van der Waals surface area contributed by atoms with Gasteiger partial charge in [0.15, 0.2) is 0 Å². The molecule has 0 aromatic carbocycles. The van der Waals surface area contributed by atoms with Crippen molar-refractivity contribution < 1.29 is 9.90 Å². The van der Waals surface area contributed by atoms with Crippen molar-refractivity contribution in [3.63, 3.8) is 0 Å². The van der Waals surface area contributed by atoms with Crippen LogP contribution in [0.4, 0.5) is 0 Å². The molecule has 1 aromatic rings. The third-order valence-electron chi connectivity index (χ3n) is 3.76. The number of pyridine rings is 1. The largest absolute Gasteiger partial charge is 0.478 e. The van der Waals surface area contributed by atoms with Crippen molar-refractivity contribution in [2.45, 2.75) is 56.9 Å². The summed E-state index contributed by atoms with van der Waals surface area (Å²) in [5.41, 5.74) is 1.07. The zero-order valence-electron chi connectivity index (χ0n) is 12.5. The second kappa shape index (κ2) is 6.17. The normalized spacial score (nSPS) is 16.6. The lowest BCUT2D eigenvalue weighted by Gasteiger charge is -2.19. The number of hydrogen-bond acceptors (Lipinski definition) is 3. The Morgan fingerprint density at radius 3 is 2.55 bits per heavy atom. The molecule has 0 atom stereocenters. The van der Waals surface area contributed by atoms with Crippen LogP contribution in [0.15, 0.2) is 17.2 Å². The van der Waals surface area contributed by atoms with Gasteiger partial charge < -0.3 is 5.11 Å². The Balaban J connectivity index is 2.17. The summed E-state index contributed by atoms with van der Waals surface area (Å²) < 4.78 is 0. The summed E-state index contributed by atoms with van der Waals surface area (Å²) in [6.45, 7) is 6.19. The SMILES string of the molecule is CC(C)(C)c1cc(C(=O)O)cc(SCC2CCCC2)n1. The van der Waals surface area contributed by atoms with E-state index in [1.165, 1.54) is 25.7 Å². The minimum atomic E-state index is -0.874. The Morgan fingerprint density at radius 2 is 2.00 bits per heavy atom. The van der Waals surface area contributed by atoms with Crippen LogP contribution in [0.1, 0.15) is 62.5 Å². The third kappa shape index (κ3) is 3.98. The Morgan fingerprint density at radius 1 is 1.35 bits per heavy atom. The molecule has 0 amide bonds. The van der Waals surface area contributed by atoms with E-state index in [1.807, 2.05) is 0 Å². The first-order valence-electron chi connectivity index (χ1n) is 7.25. The Labute approximate surface area is 125 Å². The van der Waals surface area contributed by atoms with Gasteiger partial charge in [0.2, 0.25) is 0 Å². The number of carboxylic acid groups (broad SMARTS) is 1. The first kappa shape index (κ1) is 15.4. The monoisotopic (exact) mass is 293 g/mol. The number of nitrogens with zero attached hydrogens (tertiary/aromatic N) is 1. The van der Waals surface area contributed by atoms with Gasteiger partial charge in [-0.3, -0.25) is 0 Å². The van der Waals surface area contributed by atoms with E-state index in [1.54, 1.807) is 23.9 Å². The van der Waals surface area contributed by atoms with Crippen molar-refractivity contribution in [1.29, 1.82) is 0 Å². The minimum Gasteiger partial charge on any atom is -0.478 e. The molecule has 110 valence electrons. The fraction of sp³-hybridized carbons (Fsp3) is 0.625. The summed E-state index contributed by atoms with van der Waals surface area (Å²) in [6, 6.07) is 3.40. The molecule has 1 saturated carbocycles. The van der Waals surface area contributed by atoms with Gasteiger partial charge in [0.1, 0.15) is 0 Å². The zero-order chi connectivity index (χ0) is 14.8. The van der Waals surface area contributed by atoms with E-state index in [4.69, 9.17) is 0 Å². The van der Waals surface area contributed by atoms with E-state index < -0.39 is 5.97 Å². The maximum absolute atomic E-state index is 11.3. The molecular weight excluding hydrogens is 270 g/mol. The van der Waals surface area contributed by atoms with Crippen molar-refractivity contribution in [3.8, 4) is 0 Å². The summed E-state index contributed by atoms with van der Waals surface area (Å²) in [7, 11) is 0. The summed E-state index contributed by atoms with van der Waals surface area (Å²) in [5.74, 6) is 0.952. The van der Waals surface area contributed by atoms with E-state index in [0.717, 1.165) is 22.4 Å². The molecule has 4 heteroatoms. The summed E-state index contributed by atoms with van der Waals surface area (Å²) >= 11 is 1.71. The van der Waals surface area contributed by atoms with Crippen LogP contribution in [0, 0.1) is 5.92 Å². The fourth-order valence-electron chi connectivity index (χ4n) is 2.47. The lowest BCUT2D eigenvalue weighted by molar-refractivity contribution is 0.0696. The molecule has 1 aliphatic rings. The standard InChI is InChI=1S/C16H23NO2S/c1-16(2,3)13-8-12(15(18)19)9-14(17-13)20-10-11-6-4-5-7-11/h8-9,11H,4-7,10H2,1-3H3,(H,18,19). The van der Waals surface area contributed by atoms with Crippen LogP contribution in [-0.2, 0) is 5.41 Å². The predicted octanol–water partition coefficient (Wildman–Crippen LogP) is 4.36. The van der Waals surface area contributed by atoms with Gasteiger partial charge in [-0.15, -0.1) is 11.8 Å². The molecule has 2 rings (SSSR count). The molecule has 1 heterocycles. The summed E-state index contributed by atoms with van der Waals surface area (Å²) in [5, 5.41) is 10.1. The highest BCUT2D eigenvalue weighted by atomic mass is 32.2. The van der Waals surface area contributed by atoms with Gasteiger partial charge >= 0.3 is 5.97 Å². The van der Waals surface area contributed by atoms with Gasteiger partial charge in [0, 0.05) is 16.9 Å². The summed E-state index contributed by atoms with van der Waals surface area (Å²) in [6.07, 6.45) is 5.28. The van der Waals surface area contributed by atoms with Crippen molar-refractivity contribution >= 4 is 17.7 Å². The molecule has 0 radical (unpaired) electrons. The van der Waals surface area contributed by atoms with Crippen LogP contribution < -0.4 is 0 Å². The van der Waals surface area contributed by atoms with E-state index in [-0.39, 0.29) is 5.41 Å². The average molecular weight is 293 g/mol. The molecule has 1 aliphatic carbocycles. The van der Waals surface area contributed by atoms with Gasteiger partial charge in [-0.25, -0.2) is 9.78 Å². The van der Waals surface area contributed by atoms with Crippen LogP contribution in [0.2, 0.25) is 0 Å². The smallest absolute Gasteiger partial charge is 0.335 e. The molecule has 1 N–H and O–H groups in total. The lowest BCUT2D eigenvalue weighted by Crippen LogP contribution is -2.15. The maximum Gasteiger partial charge on any atom is 0.335 e. The van der Waals surface area contributed by atoms with Crippen molar-refractivity contribution in [2.24, 2.45) is 5.92 Å². The van der Waals surface area contributed by atoms with E-state index >= 15 is 0 Å². The summed E-state index contributed by atoms with van der Waals surface area (Å²) in [4.78, 5) is 15.9. The van der Waals surface area contributed by atoms with Crippen LogP contribution in [0.25, 0.3) is 0 Å². The van der Waals surface area contributed by atoms with Gasteiger partial charge in [-0.1, -0.05) is 33.6 Å². The van der Waals surface area contributed by atoms with Gasteiger partial charge in [-0.05, 0) is 30.9 Å². The molecular formula is C16H23NO2S. The third-order valence-corrected chi connectivity index (χ3v) is 4.90. The topological polar surface area (TPSA) is 50.2 Å². The number of hydrogen-bond donors (Lipinski definition) is 1. The van der Waals surface area contributed by atoms with Gasteiger partial charge in [0.25, 0.3) is 0 Å². The molecule has 0 aliphatic heterocycles. The molecule has 1 fully saturated rings. The van der Waals surface area contributed by atoms with Gasteiger partial charge in [0.05, 0.1) is 10.6 Å². The Hall–Kier alpha value is -1.03. The second-order valence-electron chi connectivity index (χ2n) is 6.60. The first-order chi connectivity index (χ1) is 9.36. The quantitative estimate of drug-likeness (QED) is 0.838. The van der Waals surface area contributed by atoms with E-state index in [2.05, 4.69) is 25.8 Å². The van der Waals surface area contributed by atoms with Crippen LogP contribution in [0.3, 0.4) is 0 Å². The van der Waals surface area contributed by atoms with Crippen molar-refractivity contribution in [3.05, 3.63) is 23.4 Å². The maximum atomic E-state index is 11.3. The van der Waals surface area contributed by atoms with Crippen LogP contribution in [0.5, 0.6) is 0 Å². The number of carbonyl (C=O) groups is 1. The average Bonchev–Trinajstić information content (AvgIpc) is 2.88. The molecule has 0 spiro atoms. The van der Waals surface area contributed by atoms with E-state index in [9.17, 15) is 9.90 Å². The minimum absolute atomic E-state index is 0.131. The molecule has 20 heavy (non-hydrogen) atoms. The Bertz CT molecular complexity index is 488. The predicted molar refractivity (Wildman–Crippen MR) is 82.6 cm³/mol. The van der Waals surface area contributed by atoms with Gasteiger partial charge in [-0.2, -0.15) is 0 Å². The van der Waals surface area contributed by atoms with Crippen molar-refractivity contribution in [1.82, 2.24) is 4.98 Å². The number of carboxylic acids is 1. The highest BCUT2D eigenvalue weighted by Gasteiger charge is 2.20. The van der Waals surface area contributed by atoms with E-state index in [0.29, 0.717) is 5.56 Å².